The van der Waals surface area contributed by atoms with Crippen LogP contribution in [0, 0.1) is 6.92 Å². The smallest absolute Gasteiger partial charge is 0.259 e. The van der Waals surface area contributed by atoms with Gasteiger partial charge in [-0.3, -0.25) is 14.6 Å². The Bertz CT molecular complexity index is 1530. The molecule has 5 aromatic rings. The van der Waals surface area contributed by atoms with E-state index in [4.69, 9.17) is 9.51 Å². The lowest BCUT2D eigenvalue weighted by atomic mass is 10.1. The van der Waals surface area contributed by atoms with Gasteiger partial charge < -0.3 is 9.51 Å². The van der Waals surface area contributed by atoms with Crippen molar-refractivity contribution in [3.05, 3.63) is 88.3 Å². The number of hydrogen-bond donors (Lipinski definition) is 1. The summed E-state index contributed by atoms with van der Waals surface area (Å²) in [5, 5.41) is 4.79. The van der Waals surface area contributed by atoms with Crippen molar-refractivity contribution in [3.63, 3.8) is 0 Å². The maximum absolute atomic E-state index is 12.7. The molecule has 0 spiro atoms. The van der Waals surface area contributed by atoms with Gasteiger partial charge in [0.15, 0.2) is 0 Å². The molecular weight excluding hydrogens is 472 g/mol. The van der Waals surface area contributed by atoms with Crippen molar-refractivity contribution in [1.29, 1.82) is 0 Å². The van der Waals surface area contributed by atoms with Crippen LogP contribution in [0.5, 0.6) is 0 Å². The predicted molar refractivity (Wildman–Crippen MR) is 141 cm³/mol. The van der Waals surface area contributed by atoms with Crippen molar-refractivity contribution in [1.82, 2.24) is 29.9 Å². The third-order valence-corrected chi connectivity index (χ3v) is 7.56. The number of aromatic amines is 1. The van der Waals surface area contributed by atoms with Crippen LogP contribution in [0.15, 0.2) is 70.0 Å². The molecular formula is C27H26N6O2S. The number of thiophene rings is 1. The topological polar surface area (TPSA) is 91.2 Å². The van der Waals surface area contributed by atoms with Crippen LogP contribution < -0.4 is 5.56 Å². The lowest BCUT2D eigenvalue weighted by molar-refractivity contribution is 0.110. The fourth-order valence-corrected chi connectivity index (χ4v) is 5.50. The monoisotopic (exact) mass is 498 g/mol. The number of aryl methyl sites for hydroxylation is 1. The van der Waals surface area contributed by atoms with Crippen LogP contribution in [-0.4, -0.2) is 56.1 Å². The number of aromatic nitrogens is 4. The molecule has 36 heavy (non-hydrogen) atoms. The zero-order valence-electron chi connectivity index (χ0n) is 20.0. The van der Waals surface area contributed by atoms with Crippen molar-refractivity contribution in [2.75, 3.05) is 26.2 Å². The van der Waals surface area contributed by atoms with Crippen molar-refractivity contribution in [2.24, 2.45) is 0 Å². The van der Waals surface area contributed by atoms with Gasteiger partial charge in [0, 0.05) is 36.6 Å². The first-order valence-corrected chi connectivity index (χ1v) is 12.8. The Morgan fingerprint density at radius 3 is 2.39 bits per heavy atom. The number of H-pyrrole nitrogens is 1. The summed E-state index contributed by atoms with van der Waals surface area (Å²) >= 11 is 1.56. The summed E-state index contributed by atoms with van der Waals surface area (Å²) in [7, 11) is 0. The maximum Gasteiger partial charge on any atom is 0.259 e. The summed E-state index contributed by atoms with van der Waals surface area (Å²) in [6.45, 7) is 6.82. The van der Waals surface area contributed by atoms with Gasteiger partial charge in [0.1, 0.15) is 10.7 Å². The third kappa shape index (κ3) is 4.86. The lowest BCUT2D eigenvalue weighted by Crippen LogP contribution is -2.45. The second-order valence-corrected chi connectivity index (χ2v) is 10.2. The van der Waals surface area contributed by atoms with Gasteiger partial charge in [-0.05, 0) is 18.6 Å². The minimum absolute atomic E-state index is 0.0761. The first-order chi connectivity index (χ1) is 17.6. The van der Waals surface area contributed by atoms with Crippen LogP contribution in [0.25, 0.3) is 32.0 Å². The summed E-state index contributed by atoms with van der Waals surface area (Å²) in [6, 6.07) is 20.2. The van der Waals surface area contributed by atoms with Gasteiger partial charge in [-0.2, -0.15) is 4.98 Å². The molecule has 1 N–H and O–H groups in total. The van der Waals surface area contributed by atoms with Crippen molar-refractivity contribution in [3.8, 4) is 21.8 Å². The van der Waals surface area contributed by atoms with E-state index in [0.717, 1.165) is 47.0 Å². The Labute approximate surface area is 212 Å². The van der Waals surface area contributed by atoms with E-state index in [9.17, 15) is 4.79 Å². The summed E-state index contributed by atoms with van der Waals surface area (Å²) in [5.41, 5.74) is 3.19. The fourth-order valence-electron chi connectivity index (χ4n) is 4.44. The molecule has 0 radical (unpaired) electrons. The molecule has 3 aromatic heterocycles. The van der Waals surface area contributed by atoms with Gasteiger partial charge in [0.25, 0.3) is 5.56 Å². The largest absolute Gasteiger partial charge is 0.338 e. The van der Waals surface area contributed by atoms with E-state index in [0.29, 0.717) is 36.0 Å². The second-order valence-electron chi connectivity index (χ2n) is 9.14. The van der Waals surface area contributed by atoms with Crippen LogP contribution in [0.1, 0.15) is 17.3 Å². The number of benzene rings is 2. The minimum atomic E-state index is -0.0761. The average Bonchev–Trinajstić information content (AvgIpc) is 3.54. The molecule has 0 saturated carbocycles. The van der Waals surface area contributed by atoms with E-state index in [1.165, 1.54) is 5.56 Å². The zero-order valence-corrected chi connectivity index (χ0v) is 20.8. The molecule has 1 saturated heterocycles. The molecule has 1 aliphatic rings. The zero-order chi connectivity index (χ0) is 24.5. The molecule has 0 unspecified atom stereocenters. The molecule has 0 bridgehead atoms. The Balaban J connectivity index is 1.07. The average molecular weight is 499 g/mol. The molecule has 8 nitrogen and oxygen atoms in total. The van der Waals surface area contributed by atoms with Gasteiger partial charge in [0.05, 0.1) is 18.5 Å². The molecule has 0 atom stereocenters. The van der Waals surface area contributed by atoms with E-state index in [2.05, 4.69) is 44.0 Å². The van der Waals surface area contributed by atoms with Crippen molar-refractivity contribution < 1.29 is 4.52 Å². The van der Waals surface area contributed by atoms with Crippen LogP contribution in [-0.2, 0) is 13.1 Å². The number of rotatable bonds is 6. The molecule has 2 aromatic carbocycles. The summed E-state index contributed by atoms with van der Waals surface area (Å²) in [6.07, 6.45) is 0. The molecule has 182 valence electrons. The molecule has 0 amide bonds. The van der Waals surface area contributed by atoms with E-state index < -0.39 is 0 Å². The molecule has 0 aliphatic carbocycles. The van der Waals surface area contributed by atoms with Gasteiger partial charge in [0.2, 0.25) is 11.7 Å². The SMILES string of the molecule is Cc1ccc(-c2noc(CN3CCN(Cc4nc5sc(-c6ccccc6)cc5c(=O)[nH]4)CC3)n2)cc1. The molecule has 4 heterocycles. The number of piperazine rings is 1. The number of nitrogens with one attached hydrogen (secondary N) is 1. The normalized spacial score (nSPS) is 15.0. The highest BCUT2D eigenvalue weighted by Gasteiger charge is 2.21. The highest BCUT2D eigenvalue weighted by atomic mass is 32.1. The van der Waals surface area contributed by atoms with Gasteiger partial charge >= 0.3 is 0 Å². The van der Waals surface area contributed by atoms with Crippen molar-refractivity contribution in [2.45, 2.75) is 20.0 Å². The fraction of sp³-hybridized carbons (Fsp3) is 0.259. The van der Waals surface area contributed by atoms with Crippen LogP contribution >= 0.6 is 11.3 Å². The van der Waals surface area contributed by atoms with Crippen LogP contribution in [0.2, 0.25) is 0 Å². The van der Waals surface area contributed by atoms with E-state index >= 15 is 0 Å². The van der Waals surface area contributed by atoms with Crippen molar-refractivity contribution >= 4 is 21.6 Å². The Morgan fingerprint density at radius 1 is 0.917 bits per heavy atom. The van der Waals surface area contributed by atoms with Gasteiger partial charge in [-0.25, -0.2) is 4.98 Å². The number of fused-ring (bicyclic) bond motifs is 1. The Morgan fingerprint density at radius 2 is 1.64 bits per heavy atom. The number of nitrogens with zero attached hydrogens (tertiary/aromatic N) is 5. The predicted octanol–water partition coefficient (Wildman–Crippen LogP) is 4.33. The van der Waals surface area contributed by atoms with E-state index in [1.54, 1.807) is 11.3 Å². The Kier molecular flexibility index (Phi) is 6.18. The Hall–Kier alpha value is -3.66. The van der Waals surface area contributed by atoms with E-state index in [1.807, 2.05) is 48.5 Å². The quantitative estimate of drug-likeness (QED) is 0.373. The van der Waals surface area contributed by atoms with Gasteiger partial charge in [-0.1, -0.05) is 65.3 Å². The number of hydrogen-bond acceptors (Lipinski definition) is 8. The molecule has 1 aliphatic heterocycles. The highest BCUT2D eigenvalue weighted by molar-refractivity contribution is 7.21. The summed E-state index contributed by atoms with van der Waals surface area (Å²) in [4.78, 5) is 31.5. The lowest BCUT2D eigenvalue weighted by Gasteiger charge is -2.33. The first-order valence-electron chi connectivity index (χ1n) is 12.0. The minimum Gasteiger partial charge on any atom is -0.338 e. The summed E-state index contributed by atoms with van der Waals surface area (Å²) in [5.74, 6) is 1.96. The summed E-state index contributed by atoms with van der Waals surface area (Å²) < 4.78 is 5.50. The molecule has 6 rings (SSSR count). The highest BCUT2D eigenvalue weighted by Crippen LogP contribution is 2.30. The first kappa shape index (κ1) is 22.8. The van der Waals surface area contributed by atoms with Gasteiger partial charge in [-0.15, -0.1) is 11.3 Å². The molecule has 1 fully saturated rings. The second kappa shape index (κ2) is 9.77. The maximum atomic E-state index is 12.7. The van der Waals surface area contributed by atoms with E-state index in [-0.39, 0.29) is 5.56 Å². The van der Waals surface area contributed by atoms with Crippen LogP contribution in [0.4, 0.5) is 0 Å². The third-order valence-electron chi connectivity index (χ3n) is 6.48. The van der Waals surface area contributed by atoms with Crippen LogP contribution in [0.3, 0.4) is 0 Å². The standard InChI is InChI=1S/C27H26N6O2S/c1-18-7-9-20(10-8-18)25-30-24(35-31-25)17-33-13-11-32(12-14-33)16-23-28-26(34)21-15-22(36-27(21)29-23)19-5-3-2-4-6-19/h2-10,15H,11-14,16-17H2,1H3,(H,28,29,34). The molecule has 9 heteroatoms.